The molecule has 2 aliphatic heterocycles. The van der Waals surface area contributed by atoms with Gasteiger partial charge in [-0.05, 0) is 74.8 Å². The number of ether oxygens (including phenoxy) is 4. The number of anilines is 1. The van der Waals surface area contributed by atoms with Gasteiger partial charge in [0.25, 0.3) is 0 Å². The number of thiazole rings is 1. The second-order valence-corrected chi connectivity index (χ2v) is 20.4. The Bertz CT molecular complexity index is 2200. The van der Waals surface area contributed by atoms with E-state index in [1.807, 2.05) is 53.0 Å². The third kappa shape index (κ3) is 9.96. The quantitative estimate of drug-likeness (QED) is 0.127. The zero-order valence-electron chi connectivity index (χ0n) is 36.9. The highest BCUT2D eigenvalue weighted by Crippen LogP contribution is 2.52. The second kappa shape index (κ2) is 18.2. The normalized spacial score (nSPS) is 27.1. The van der Waals surface area contributed by atoms with Crippen LogP contribution in [0.25, 0.3) is 22.3 Å². The van der Waals surface area contributed by atoms with E-state index in [1.54, 1.807) is 12.1 Å². The number of aromatic nitrogens is 2. The SMILES string of the molecule is CC[C@H]1C[C@@]1(NC(=O)[C@@H]1C[C@@H](Oc2cc(-c3csc(NC(C)C)n3)nc3c(Cl)c(OCCN4CCOCC4)ccc23)CN1C(=O)[C@@H](NC(=O)OC1C[C@@H]2C[C@@H]2C1)C(C)(C)C)C(=O)O. The van der Waals surface area contributed by atoms with Crippen molar-refractivity contribution < 1.29 is 43.2 Å². The van der Waals surface area contributed by atoms with Crippen LogP contribution in [0.2, 0.25) is 5.02 Å². The molecule has 63 heavy (non-hydrogen) atoms. The highest BCUT2D eigenvalue weighted by Gasteiger charge is 2.61. The zero-order chi connectivity index (χ0) is 44.8. The number of carbonyl (C=O) groups is 4. The molecule has 3 aliphatic carbocycles. The van der Waals surface area contributed by atoms with Crippen LogP contribution in [0.5, 0.6) is 11.5 Å². The fourth-order valence-corrected chi connectivity index (χ4v) is 10.5. The molecule has 4 heterocycles. The molecular weight excluding hydrogens is 850 g/mol. The number of morpholine rings is 1. The van der Waals surface area contributed by atoms with Crippen LogP contribution in [0.15, 0.2) is 23.6 Å². The van der Waals surface area contributed by atoms with Crippen molar-refractivity contribution in [2.24, 2.45) is 23.2 Å². The summed E-state index contributed by atoms with van der Waals surface area (Å²) in [7, 11) is 0. The van der Waals surface area contributed by atoms with Crippen LogP contribution >= 0.6 is 22.9 Å². The molecule has 1 aromatic carbocycles. The van der Waals surface area contributed by atoms with Gasteiger partial charge in [-0.15, -0.1) is 11.3 Å². The Morgan fingerprint density at radius 1 is 1.03 bits per heavy atom. The van der Waals surface area contributed by atoms with Gasteiger partial charge in [-0.3, -0.25) is 14.5 Å². The van der Waals surface area contributed by atoms with Gasteiger partial charge in [-0.25, -0.2) is 19.6 Å². The number of alkyl carbamates (subject to hydrolysis) is 1. The standard InChI is InChI=1S/C45H60ClN7O9S/c1-7-27-21-45(27,41(56)57)51-39(54)33-19-29(22-53(33)40(55)38(44(4,5)6)50-43(58)62-28-17-25-16-26(25)18-28)61-35-20-31(32-23-63-42(49-32)47-24(2)3)48-37-30(35)8-9-34(36(37)46)60-15-12-52-10-13-59-14-11-52/h8-9,20,23-29,33,38H,7,10-19,21-22H2,1-6H3,(H,47,49)(H,50,58)(H,51,54)(H,56,57)/t25-,26+,27-,28?,29+,33-,38+,45-/m0/s1. The lowest BCUT2D eigenvalue weighted by Gasteiger charge is -2.35. The predicted octanol–water partition coefficient (Wildman–Crippen LogP) is 6.20. The van der Waals surface area contributed by atoms with Gasteiger partial charge in [0.2, 0.25) is 11.8 Å². The maximum atomic E-state index is 14.8. The van der Waals surface area contributed by atoms with Gasteiger partial charge in [0.15, 0.2) is 5.13 Å². The summed E-state index contributed by atoms with van der Waals surface area (Å²) < 4.78 is 24.3. The maximum Gasteiger partial charge on any atom is 0.408 e. The molecule has 8 rings (SSSR count). The van der Waals surface area contributed by atoms with E-state index in [0.29, 0.717) is 89.9 Å². The first kappa shape index (κ1) is 45.1. The molecule has 342 valence electrons. The fraction of sp³-hybridized carbons (Fsp3) is 0.644. The summed E-state index contributed by atoms with van der Waals surface area (Å²) in [6, 6.07) is 3.38. The molecule has 4 N–H and O–H groups in total. The van der Waals surface area contributed by atoms with Gasteiger partial charge in [-0.1, -0.05) is 45.7 Å². The lowest BCUT2D eigenvalue weighted by Crippen LogP contribution is -2.59. The van der Waals surface area contributed by atoms with E-state index < -0.39 is 53.0 Å². The van der Waals surface area contributed by atoms with Crippen molar-refractivity contribution in [1.82, 2.24) is 30.4 Å². The number of amides is 3. The van der Waals surface area contributed by atoms with Crippen molar-refractivity contribution in [1.29, 1.82) is 0 Å². The molecule has 18 heteroatoms. The molecule has 3 amide bonds. The molecule has 0 bridgehead atoms. The highest BCUT2D eigenvalue weighted by atomic mass is 35.5. The summed E-state index contributed by atoms with van der Waals surface area (Å²) >= 11 is 8.55. The number of aliphatic carboxylic acids is 1. The number of rotatable bonds is 16. The van der Waals surface area contributed by atoms with Crippen molar-refractivity contribution in [2.45, 2.75) is 116 Å². The van der Waals surface area contributed by atoms with E-state index >= 15 is 0 Å². The van der Waals surface area contributed by atoms with Crippen LogP contribution in [0, 0.1) is 23.2 Å². The topological polar surface area (TPSA) is 194 Å². The average Bonchev–Trinajstić information content (AvgIpc) is 3.91. The number of nitrogens with one attached hydrogen (secondary N) is 3. The summed E-state index contributed by atoms with van der Waals surface area (Å²) in [4.78, 5) is 68.5. The number of fused-ring (bicyclic) bond motifs is 2. The number of carbonyl (C=O) groups excluding carboxylic acids is 3. The van der Waals surface area contributed by atoms with Gasteiger partial charge in [0, 0.05) is 48.9 Å². The number of hydrogen-bond donors (Lipinski definition) is 4. The molecule has 2 saturated heterocycles. The van der Waals surface area contributed by atoms with E-state index in [0.717, 1.165) is 31.1 Å². The first-order chi connectivity index (χ1) is 30.0. The van der Waals surface area contributed by atoms with Gasteiger partial charge in [0.05, 0.1) is 31.0 Å². The number of nitrogens with zero attached hydrogens (tertiary/aromatic N) is 4. The molecule has 5 fully saturated rings. The summed E-state index contributed by atoms with van der Waals surface area (Å²) in [5, 5.41) is 22.7. The Morgan fingerprint density at radius 2 is 1.78 bits per heavy atom. The highest BCUT2D eigenvalue weighted by molar-refractivity contribution is 7.14. The van der Waals surface area contributed by atoms with E-state index in [-0.39, 0.29) is 31.0 Å². The van der Waals surface area contributed by atoms with Crippen LogP contribution in [-0.4, -0.2) is 131 Å². The number of halogens is 1. The van der Waals surface area contributed by atoms with Gasteiger partial charge in [0.1, 0.15) is 58.7 Å². The van der Waals surface area contributed by atoms with Crippen molar-refractivity contribution >= 4 is 62.8 Å². The lowest BCUT2D eigenvalue weighted by atomic mass is 9.85. The molecule has 3 saturated carbocycles. The van der Waals surface area contributed by atoms with Crippen molar-refractivity contribution in [3.63, 3.8) is 0 Å². The molecular formula is C45H60ClN7O9S. The largest absolute Gasteiger partial charge is 0.491 e. The van der Waals surface area contributed by atoms with Gasteiger partial charge in [-0.2, -0.15) is 0 Å². The minimum absolute atomic E-state index is 0.0295. The Morgan fingerprint density at radius 3 is 2.44 bits per heavy atom. The number of carboxylic acids is 1. The third-order valence-corrected chi connectivity index (χ3v) is 14.2. The molecule has 1 unspecified atom stereocenters. The maximum absolute atomic E-state index is 14.8. The Kier molecular flexibility index (Phi) is 13.0. The lowest BCUT2D eigenvalue weighted by molar-refractivity contribution is -0.146. The van der Waals surface area contributed by atoms with Gasteiger partial charge >= 0.3 is 12.1 Å². The van der Waals surface area contributed by atoms with Crippen LogP contribution < -0.4 is 25.4 Å². The third-order valence-electron chi connectivity index (χ3n) is 13.1. The zero-order valence-corrected chi connectivity index (χ0v) is 38.5. The minimum Gasteiger partial charge on any atom is -0.491 e. The van der Waals surface area contributed by atoms with Crippen molar-refractivity contribution in [3.8, 4) is 22.9 Å². The average molecular weight is 911 g/mol. The monoisotopic (exact) mass is 909 g/mol. The van der Waals surface area contributed by atoms with E-state index in [2.05, 4.69) is 20.9 Å². The van der Waals surface area contributed by atoms with Gasteiger partial charge < -0.3 is 44.9 Å². The molecule has 0 spiro atoms. The Labute approximate surface area is 377 Å². The number of pyridine rings is 1. The summed E-state index contributed by atoms with van der Waals surface area (Å²) in [6.07, 6.45) is 2.11. The minimum atomic E-state index is -1.42. The summed E-state index contributed by atoms with van der Waals surface area (Å²) in [5.41, 5.74) is -0.683. The number of hydrogen-bond acceptors (Lipinski definition) is 13. The smallest absolute Gasteiger partial charge is 0.408 e. The van der Waals surface area contributed by atoms with Crippen LogP contribution in [0.1, 0.15) is 80.1 Å². The summed E-state index contributed by atoms with van der Waals surface area (Å²) in [6.45, 7) is 15.6. The van der Waals surface area contributed by atoms with E-state index in [1.165, 1.54) is 22.7 Å². The van der Waals surface area contributed by atoms with Crippen LogP contribution in [-0.2, 0) is 23.9 Å². The second-order valence-electron chi connectivity index (χ2n) is 19.2. The fourth-order valence-electron chi connectivity index (χ4n) is 9.38. The van der Waals surface area contributed by atoms with Crippen molar-refractivity contribution in [3.05, 3.63) is 28.6 Å². The molecule has 5 aliphatic rings. The molecule has 16 nitrogen and oxygen atoms in total. The first-order valence-electron chi connectivity index (χ1n) is 22.3. The molecule has 2 aromatic heterocycles. The number of benzene rings is 1. The van der Waals surface area contributed by atoms with E-state index in [9.17, 15) is 24.3 Å². The molecule has 3 aromatic rings. The predicted molar refractivity (Wildman–Crippen MR) is 238 cm³/mol. The van der Waals surface area contributed by atoms with E-state index in [4.69, 9.17) is 40.5 Å². The molecule has 8 atom stereocenters. The number of carboxylic acid groups (broad SMARTS) is 1. The number of likely N-dealkylation sites (tertiary alicyclic amines) is 1. The molecule has 0 radical (unpaired) electrons. The Hall–Kier alpha value is -4.45. The van der Waals surface area contributed by atoms with Crippen LogP contribution in [0.4, 0.5) is 9.93 Å². The van der Waals surface area contributed by atoms with Crippen molar-refractivity contribution in [2.75, 3.05) is 51.3 Å². The van der Waals surface area contributed by atoms with Crippen LogP contribution in [0.3, 0.4) is 0 Å². The summed E-state index contributed by atoms with van der Waals surface area (Å²) in [5.74, 6) is -0.376. The first-order valence-corrected chi connectivity index (χ1v) is 23.6. The Balaban J connectivity index is 1.09.